The van der Waals surface area contributed by atoms with Gasteiger partial charge in [0.15, 0.2) is 0 Å². The number of hydrogen-bond acceptors (Lipinski definition) is 3. The first-order chi connectivity index (χ1) is 9.52. The summed E-state index contributed by atoms with van der Waals surface area (Å²) in [5, 5.41) is 5.63. The number of carbonyl (C=O) groups excluding carboxylic acids is 1. The van der Waals surface area contributed by atoms with E-state index in [2.05, 4.69) is 36.4 Å². The van der Waals surface area contributed by atoms with Crippen LogP contribution in [0.1, 0.15) is 20.3 Å². The SMILES string of the molecule is COc1ccc(NC(=O)NCCCN(C)C(C)C)cc1. The third kappa shape index (κ3) is 5.93. The van der Waals surface area contributed by atoms with Gasteiger partial charge in [0.05, 0.1) is 7.11 Å². The van der Waals surface area contributed by atoms with Gasteiger partial charge in [0.2, 0.25) is 0 Å². The van der Waals surface area contributed by atoms with Gasteiger partial charge < -0.3 is 20.3 Å². The second kappa shape index (κ2) is 8.43. The van der Waals surface area contributed by atoms with Crippen molar-refractivity contribution in [2.45, 2.75) is 26.3 Å². The number of hydrogen-bond donors (Lipinski definition) is 2. The monoisotopic (exact) mass is 279 g/mol. The molecule has 0 fully saturated rings. The molecule has 2 N–H and O–H groups in total. The van der Waals surface area contributed by atoms with Crippen LogP contribution < -0.4 is 15.4 Å². The molecule has 0 saturated carbocycles. The minimum atomic E-state index is -0.178. The zero-order valence-corrected chi connectivity index (χ0v) is 12.8. The highest BCUT2D eigenvalue weighted by Gasteiger charge is 2.04. The molecule has 5 heteroatoms. The van der Waals surface area contributed by atoms with Crippen LogP contribution in [0.25, 0.3) is 0 Å². The largest absolute Gasteiger partial charge is 0.497 e. The smallest absolute Gasteiger partial charge is 0.319 e. The summed E-state index contributed by atoms with van der Waals surface area (Å²) in [6.45, 7) is 5.95. The van der Waals surface area contributed by atoms with E-state index in [-0.39, 0.29) is 6.03 Å². The van der Waals surface area contributed by atoms with Crippen LogP contribution in [-0.4, -0.2) is 44.2 Å². The van der Waals surface area contributed by atoms with Gasteiger partial charge in [-0.15, -0.1) is 0 Å². The van der Waals surface area contributed by atoms with Crippen molar-refractivity contribution < 1.29 is 9.53 Å². The molecule has 1 rings (SSSR count). The Bertz CT molecular complexity index is 404. The van der Waals surface area contributed by atoms with Crippen molar-refractivity contribution in [3.63, 3.8) is 0 Å². The Morgan fingerprint density at radius 3 is 2.50 bits per heavy atom. The summed E-state index contributed by atoms with van der Waals surface area (Å²) in [4.78, 5) is 13.9. The maximum absolute atomic E-state index is 11.7. The van der Waals surface area contributed by atoms with E-state index in [9.17, 15) is 4.79 Å². The van der Waals surface area contributed by atoms with Crippen molar-refractivity contribution in [2.75, 3.05) is 32.6 Å². The number of anilines is 1. The first kappa shape index (κ1) is 16.3. The number of amides is 2. The Hall–Kier alpha value is -1.75. The van der Waals surface area contributed by atoms with Crippen molar-refractivity contribution in [1.82, 2.24) is 10.2 Å². The van der Waals surface area contributed by atoms with Crippen molar-refractivity contribution in [3.05, 3.63) is 24.3 Å². The van der Waals surface area contributed by atoms with E-state index in [1.165, 1.54) is 0 Å². The Labute approximate surface area is 121 Å². The third-order valence-electron chi connectivity index (χ3n) is 3.20. The zero-order valence-electron chi connectivity index (χ0n) is 12.8. The van der Waals surface area contributed by atoms with Gasteiger partial charge in [-0.2, -0.15) is 0 Å². The molecule has 0 saturated heterocycles. The van der Waals surface area contributed by atoms with Gasteiger partial charge in [-0.3, -0.25) is 0 Å². The lowest BCUT2D eigenvalue weighted by Crippen LogP contribution is -2.33. The number of benzene rings is 1. The molecule has 2 amide bonds. The van der Waals surface area contributed by atoms with Crippen LogP contribution in [0.5, 0.6) is 5.75 Å². The van der Waals surface area contributed by atoms with E-state index in [0.717, 1.165) is 24.4 Å². The Balaban J connectivity index is 2.23. The number of rotatable bonds is 7. The summed E-state index contributed by atoms with van der Waals surface area (Å²) >= 11 is 0. The quantitative estimate of drug-likeness (QED) is 0.754. The van der Waals surface area contributed by atoms with Crippen LogP contribution in [-0.2, 0) is 0 Å². The number of urea groups is 1. The van der Waals surface area contributed by atoms with E-state index in [1.807, 2.05) is 24.3 Å². The normalized spacial score (nSPS) is 10.7. The maximum Gasteiger partial charge on any atom is 0.319 e. The lowest BCUT2D eigenvalue weighted by Gasteiger charge is -2.20. The molecule has 0 radical (unpaired) electrons. The van der Waals surface area contributed by atoms with Gasteiger partial charge >= 0.3 is 6.03 Å². The van der Waals surface area contributed by atoms with Crippen LogP contribution in [0, 0.1) is 0 Å². The van der Waals surface area contributed by atoms with Gasteiger partial charge in [-0.05, 0) is 58.1 Å². The minimum absolute atomic E-state index is 0.178. The Kier molecular flexibility index (Phi) is 6.87. The van der Waals surface area contributed by atoms with Crippen LogP contribution >= 0.6 is 0 Å². The summed E-state index contributed by atoms with van der Waals surface area (Å²) in [6, 6.07) is 7.60. The van der Waals surface area contributed by atoms with Crippen molar-refractivity contribution in [3.8, 4) is 5.75 Å². The standard InChI is InChI=1S/C15H25N3O2/c1-12(2)18(3)11-5-10-16-15(19)17-13-6-8-14(20-4)9-7-13/h6-9,12H,5,10-11H2,1-4H3,(H2,16,17,19). The molecule has 20 heavy (non-hydrogen) atoms. The van der Waals surface area contributed by atoms with Gasteiger partial charge in [-0.1, -0.05) is 0 Å². The summed E-state index contributed by atoms with van der Waals surface area (Å²) < 4.78 is 5.06. The highest BCUT2D eigenvalue weighted by atomic mass is 16.5. The van der Waals surface area contributed by atoms with E-state index in [4.69, 9.17) is 4.74 Å². The van der Waals surface area contributed by atoms with E-state index >= 15 is 0 Å². The predicted molar refractivity (Wildman–Crippen MR) is 82.4 cm³/mol. The molecular formula is C15H25N3O2. The molecule has 1 aromatic rings. The molecule has 0 aliphatic rings. The Morgan fingerprint density at radius 1 is 1.30 bits per heavy atom. The van der Waals surface area contributed by atoms with Gasteiger partial charge in [0.1, 0.15) is 5.75 Å². The molecule has 0 bridgehead atoms. The van der Waals surface area contributed by atoms with Crippen LogP contribution in [0.2, 0.25) is 0 Å². The average molecular weight is 279 g/mol. The molecular weight excluding hydrogens is 254 g/mol. The van der Waals surface area contributed by atoms with Gasteiger partial charge in [-0.25, -0.2) is 4.79 Å². The number of ether oxygens (including phenoxy) is 1. The average Bonchev–Trinajstić information content (AvgIpc) is 2.44. The van der Waals surface area contributed by atoms with Crippen molar-refractivity contribution in [1.29, 1.82) is 0 Å². The molecule has 0 aliphatic carbocycles. The molecule has 0 atom stereocenters. The zero-order chi connectivity index (χ0) is 15.0. The first-order valence-corrected chi connectivity index (χ1v) is 6.92. The van der Waals surface area contributed by atoms with E-state index in [0.29, 0.717) is 12.6 Å². The number of carbonyl (C=O) groups is 1. The summed E-state index contributed by atoms with van der Waals surface area (Å²) in [5.41, 5.74) is 0.752. The molecule has 0 unspecified atom stereocenters. The molecule has 0 aliphatic heterocycles. The summed E-state index contributed by atoms with van der Waals surface area (Å²) in [5.74, 6) is 0.771. The fourth-order valence-corrected chi connectivity index (χ4v) is 1.64. The fourth-order valence-electron chi connectivity index (χ4n) is 1.64. The summed E-state index contributed by atoms with van der Waals surface area (Å²) in [6.07, 6.45) is 0.935. The fraction of sp³-hybridized carbons (Fsp3) is 0.533. The van der Waals surface area contributed by atoms with Crippen LogP contribution in [0.4, 0.5) is 10.5 Å². The molecule has 5 nitrogen and oxygen atoms in total. The summed E-state index contributed by atoms with van der Waals surface area (Å²) in [7, 11) is 3.70. The maximum atomic E-state index is 11.7. The minimum Gasteiger partial charge on any atom is -0.497 e. The molecule has 0 heterocycles. The molecule has 1 aromatic carbocycles. The molecule has 0 spiro atoms. The highest BCUT2D eigenvalue weighted by Crippen LogP contribution is 2.14. The van der Waals surface area contributed by atoms with Crippen molar-refractivity contribution >= 4 is 11.7 Å². The van der Waals surface area contributed by atoms with Gasteiger partial charge in [0, 0.05) is 18.3 Å². The highest BCUT2D eigenvalue weighted by molar-refractivity contribution is 5.89. The number of methoxy groups -OCH3 is 1. The second-order valence-corrected chi connectivity index (χ2v) is 5.04. The van der Waals surface area contributed by atoms with E-state index < -0.39 is 0 Å². The lowest BCUT2D eigenvalue weighted by atomic mass is 10.3. The number of nitrogens with one attached hydrogen (secondary N) is 2. The van der Waals surface area contributed by atoms with Gasteiger partial charge in [0.25, 0.3) is 0 Å². The lowest BCUT2D eigenvalue weighted by molar-refractivity contribution is 0.248. The van der Waals surface area contributed by atoms with E-state index in [1.54, 1.807) is 7.11 Å². The third-order valence-corrected chi connectivity index (χ3v) is 3.20. The molecule has 0 aromatic heterocycles. The Morgan fingerprint density at radius 2 is 1.95 bits per heavy atom. The predicted octanol–water partition coefficient (Wildman–Crippen LogP) is 2.55. The topological polar surface area (TPSA) is 53.6 Å². The van der Waals surface area contributed by atoms with Crippen molar-refractivity contribution in [2.24, 2.45) is 0 Å². The van der Waals surface area contributed by atoms with Crippen LogP contribution in [0.3, 0.4) is 0 Å². The van der Waals surface area contributed by atoms with Crippen LogP contribution in [0.15, 0.2) is 24.3 Å². The first-order valence-electron chi connectivity index (χ1n) is 6.92. The number of nitrogens with zero attached hydrogens (tertiary/aromatic N) is 1. The second-order valence-electron chi connectivity index (χ2n) is 5.04. The molecule has 112 valence electrons.